The van der Waals surface area contributed by atoms with Crippen LogP contribution < -0.4 is 9.64 Å². The Bertz CT molecular complexity index is 657. The predicted molar refractivity (Wildman–Crippen MR) is 82.8 cm³/mol. The molecule has 0 bridgehead atoms. The number of nitriles is 1. The Morgan fingerprint density at radius 1 is 1.19 bits per heavy atom. The van der Waals surface area contributed by atoms with Gasteiger partial charge in [0.25, 0.3) is 0 Å². The van der Waals surface area contributed by atoms with Crippen LogP contribution in [0, 0.1) is 11.3 Å². The molecule has 4 heteroatoms. The van der Waals surface area contributed by atoms with Crippen molar-refractivity contribution >= 4 is 11.4 Å². The molecule has 1 N–H and O–H groups in total. The van der Waals surface area contributed by atoms with Crippen LogP contribution >= 0.6 is 0 Å². The van der Waals surface area contributed by atoms with Crippen LogP contribution in [0.2, 0.25) is 0 Å². The molecule has 2 aromatic carbocycles. The maximum absolute atomic E-state index is 10.0. The zero-order valence-electron chi connectivity index (χ0n) is 12.4. The van der Waals surface area contributed by atoms with E-state index in [1.54, 1.807) is 26.2 Å². The second kappa shape index (κ2) is 6.29. The van der Waals surface area contributed by atoms with Crippen molar-refractivity contribution in [3.63, 3.8) is 0 Å². The maximum atomic E-state index is 10.0. The average molecular weight is 282 g/mol. The van der Waals surface area contributed by atoms with E-state index in [2.05, 4.69) is 6.07 Å². The molecule has 0 amide bonds. The summed E-state index contributed by atoms with van der Waals surface area (Å²) in [4.78, 5) is 1.96. The minimum Gasteiger partial charge on any atom is -0.496 e. The molecule has 4 nitrogen and oxygen atoms in total. The Kier molecular flexibility index (Phi) is 4.46. The van der Waals surface area contributed by atoms with Gasteiger partial charge < -0.3 is 14.7 Å². The fraction of sp³-hybridized carbons (Fsp3) is 0.235. The van der Waals surface area contributed by atoms with E-state index in [-0.39, 0.29) is 0 Å². The fourth-order valence-corrected chi connectivity index (χ4v) is 2.32. The number of aliphatic hydroxyl groups excluding tert-OH is 1. The quantitative estimate of drug-likeness (QED) is 0.934. The number of benzene rings is 2. The third kappa shape index (κ3) is 2.99. The van der Waals surface area contributed by atoms with E-state index >= 15 is 0 Å². The standard InChI is InChI=1S/C17H18N2O2/c1-12(20)17-15(5-4-6-16(17)21-3)19(2)14-9-7-13(11-18)8-10-14/h4-10,12,20H,1-3H3/t12-/m0/s1. The van der Waals surface area contributed by atoms with Gasteiger partial charge in [-0.25, -0.2) is 0 Å². The van der Waals surface area contributed by atoms with Crippen LogP contribution in [0.25, 0.3) is 0 Å². The van der Waals surface area contributed by atoms with E-state index in [0.717, 1.165) is 16.9 Å². The van der Waals surface area contributed by atoms with Crippen molar-refractivity contribution in [3.05, 3.63) is 53.6 Å². The molecule has 0 heterocycles. The zero-order valence-corrected chi connectivity index (χ0v) is 12.4. The van der Waals surface area contributed by atoms with Crippen molar-refractivity contribution in [2.75, 3.05) is 19.1 Å². The summed E-state index contributed by atoms with van der Waals surface area (Å²) in [7, 11) is 3.51. The van der Waals surface area contributed by atoms with Crippen LogP contribution in [0.15, 0.2) is 42.5 Å². The predicted octanol–water partition coefficient (Wildman–Crippen LogP) is 3.39. The van der Waals surface area contributed by atoms with E-state index in [1.807, 2.05) is 42.3 Å². The van der Waals surface area contributed by atoms with Gasteiger partial charge in [0.1, 0.15) is 5.75 Å². The summed E-state index contributed by atoms with van der Waals surface area (Å²) in [5.74, 6) is 0.656. The van der Waals surface area contributed by atoms with Crippen molar-refractivity contribution < 1.29 is 9.84 Å². The van der Waals surface area contributed by atoms with Gasteiger partial charge in [0.15, 0.2) is 0 Å². The van der Waals surface area contributed by atoms with Gasteiger partial charge >= 0.3 is 0 Å². The SMILES string of the molecule is COc1cccc(N(C)c2ccc(C#N)cc2)c1[C@H](C)O. The molecule has 0 unspecified atom stereocenters. The highest BCUT2D eigenvalue weighted by Crippen LogP contribution is 2.36. The lowest BCUT2D eigenvalue weighted by molar-refractivity contribution is 0.195. The fourth-order valence-electron chi connectivity index (χ4n) is 2.32. The van der Waals surface area contributed by atoms with Gasteiger partial charge in [-0.15, -0.1) is 0 Å². The van der Waals surface area contributed by atoms with Gasteiger partial charge in [-0.3, -0.25) is 0 Å². The second-order valence-corrected chi connectivity index (χ2v) is 4.79. The summed E-state index contributed by atoms with van der Waals surface area (Å²) in [6.45, 7) is 1.72. The van der Waals surface area contributed by atoms with Gasteiger partial charge in [0.2, 0.25) is 0 Å². The molecule has 0 saturated carbocycles. The minimum atomic E-state index is -0.642. The summed E-state index contributed by atoms with van der Waals surface area (Å²) in [6, 6.07) is 15.1. The Hall–Kier alpha value is -2.51. The highest BCUT2D eigenvalue weighted by molar-refractivity contribution is 5.69. The monoisotopic (exact) mass is 282 g/mol. The lowest BCUT2D eigenvalue weighted by atomic mass is 10.1. The number of hydrogen-bond acceptors (Lipinski definition) is 4. The second-order valence-electron chi connectivity index (χ2n) is 4.79. The van der Waals surface area contributed by atoms with Gasteiger partial charge in [0.05, 0.1) is 30.5 Å². The average Bonchev–Trinajstić information content (AvgIpc) is 2.53. The van der Waals surface area contributed by atoms with E-state index < -0.39 is 6.10 Å². The molecule has 0 fully saturated rings. The van der Waals surface area contributed by atoms with Crippen LogP contribution in [0.3, 0.4) is 0 Å². The summed E-state index contributed by atoms with van der Waals surface area (Å²) < 4.78 is 5.34. The van der Waals surface area contributed by atoms with E-state index in [9.17, 15) is 5.11 Å². The van der Waals surface area contributed by atoms with Gasteiger partial charge in [-0.1, -0.05) is 6.07 Å². The molecule has 0 saturated heterocycles. The number of aliphatic hydroxyl groups is 1. The molecule has 0 aliphatic rings. The molecular formula is C17H18N2O2. The Morgan fingerprint density at radius 3 is 2.38 bits per heavy atom. The van der Waals surface area contributed by atoms with Crippen LogP contribution in [-0.2, 0) is 0 Å². The van der Waals surface area contributed by atoms with Crippen molar-refractivity contribution in [1.29, 1.82) is 5.26 Å². The molecule has 0 aliphatic heterocycles. The number of hydrogen-bond donors (Lipinski definition) is 1. The number of ether oxygens (including phenoxy) is 1. The number of rotatable bonds is 4. The molecule has 2 aromatic rings. The van der Waals surface area contributed by atoms with Gasteiger partial charge in [-0.05, 0) is 43.3 Å². The molecule has 108 valence electrons. The first kappa shape index (κ1) is 14.9. The first-order chi connectivity index (χ1) is 10.1. The number of anilines is 2. The number of methoxy groups -OCH3 is 1. The first-order valence-corrected chi connectivity index (χ1v) is 6.67. The highest BCUT2D eigenvalue weighted by atomic mass is 16.5. The van der Waals surface area contributed by atoms with Crippen LogP contribution in [-0.4, -0.2) is 19.3 Å². The van der Waals surface area contributed by atoms with Crippen molar-refractivity contribution in [1.82, 2.24) is 0 Å². The number of nitrogens with zero attached hydrogens (tertiary/aromatic N) is 2. The summed E-state index contributed by atoms with van der Waals surface area (Å²) in [5, 5.41) is 18.9. The maximum Gasteiger partial charge on any atom is 0.126 e. The highest BCUT2D eigenvalue weighted by Gasteiger charge is 2.17. The topological polar surface area (TPSA) is 56.5 Å². The van der Waals surface area contributed by atoms with Gasteiger partial charge in [-0.2, -0.15) is 5.26 Å². The van der Waals surface area contributed by atoms with Crippen LogP contribution in [0.4, 0.5) is 11.4 Å². The summed E-state index contributed by atoms with van der Waals surface area (Å²) in [6.07, 6.45) is -0.642. The van der Waals surface area contributed by atoms with Crippen LogP contribution in [0.5, 0.6) is 5.75 Å². The molecule has 0 aliphatic carbocycles. The molecule has 21 heavy (non-hydrogen) atoms. The zero-order chi connectivity index (χ0) is 15.4. The Morgan fingerprint density at radius 2 is 1.86 bits per heavy atom. The van der Waals surface area contributed by atoms with Crippen molar-refractivity contribution in [3.8, 4) is 11.8 Å². The van der Waals surface area contributed by atoms with Gasteiger partial charge in [0, 0.05) is 18.3 Å². The largest absolute Gasteiger partial charge is 0.496 e. The molecule has 2 rings (SSSR count). The molecule has 0 aromatic heterocycles. The first-order valence-electron chi connectivity index (χ1n) is 6.67. The Balaban J connectivity index is 2.47. The third-order valence-electron chi connectivity index (χ3n) is 3.43. The lowest BCUT2D eigenvalue weighted by Crippen LogP contribution is -2.13. The van der Waals surface area contributed by atoms with Crippen molar-refractivity contribution in [2.45, 2.75) is 13.0 Å². The smallest absolute Gasteiger partial charge is 0.126 e. The lowest BCUT2D eigenvalue weighted by Gasteiger charge is -2.25. The minimum absolute atomic E-state index is 0.619. The summed E-state index contributed by atoms with van der Waals surface area (Å²) in [5.41, 5.74) is 3.17. The normalized spacial score (nSPS) is 11.6. The third-order valence-corrected chi connectivity index (χ3v) is 3.43. The molecule has 1 atom stereocenters. The van der Waals surface area contributed by atoms with Crippen molar-refractivity contribution in [2.24, 2.45) is 0 Å². The van der Waals surface area contributed by atoms with E-state index in [0.29, 0.717) is 11.3 Å². The molecule has 0 spiro atoms. The molecule has 0 radical (unpaired) electrons. The molecular weight excluding hydrogens is 264 g/mol. The Labute approximate surface area is 124 Å². The van der Waals surface area contributed by atoms with E-state index in [4.69, 9.17) is 10.00 Å². The van der Waals surface area contributed by atoms with Crippen LogP contribution in [0.1, 0.15) is 24.2 Å². The summed E-state index contributed by atoms with van der Waals surface area (Å²) >= 11 is 0. The van der Waals surface area contributed by atoms with E-state index in [1.165, 1.54) is 0 Å².